The molecule has 21 heavy (non-hydrogen) atoms. The maximum Gasteiger partial charge on any atom is 0.333 e. The summed E-state index contributed by atoms with van der Waals surface area (Å²) >= 11 is 0. The van der Waals surface area contributed by atoms with E-state index < -0.39 is 36.6 Å². The predicted molar refractivity (Wildman–Crippen MR) is 71.9 cm³/mol. The Labute approximate surface area is 120 Å². The number of methoxy groups -OCH3 is 1. The normalized spacial score (nSPS) is 22.0. The number of amides is 1. The van der Waals surface area contributed by atoms with Crippen molar-refractivity contribution in [1.29, 1.82) is 0 Å². The van der Waals surface area contributed by atoms with Gasteiger partial charge in [0.05, 0.1) is 19.8 Å². The molecule has 0 saturated carbocycles. The van der Waals surface area contributed by atoms with Gasteiger partial charge in [-0.2, -0.15) is 0 Å². The molecule has 2 rings (SSSR count). The molecule has 8 nitrogen and oxygen atoms in total. The van der Waals surface area contributed by atoms with Gasteiger partial charge >= 0.3 is 5.97 Å². The molecule has 8 heteroatoms. The zero-order valence-electron chi connectivity index (χ0n) is 11.3. The lowest BCUT2D eigenvalue weighted by molar-refractivity contribution is -0.168. The number of esters is 1. The first-order chi connectivity index (χ1) is 10.2. The number of likely N-dealkylation sites (tertiary alicyclic amines) is 1. The van der Waals surface area contributed by atoms with E-state index in [1.165, 1.54) is 12.0 Å². The molecule has 0 aliphatic carbocycles. The molecule has 1 heterocycles. The van der Waals surface area contributed by atoms with Crippen LogP contribution in [0.2, 0.25) is 0 Å². The number of carbonyl (C=O) groups excluding carboxylic acids is 2. The summed E-state index contributed by atoms with van der Waals surface area (Å²) < 4.78 is 4.74. The molecule has 0 aromatic heterocycles. The maximum absolute atomic E-state index is 12.1. The van der Waals surface area contributed by atoms with E-state index >= 15 is 0 Å². The van der Waals surface area contributed by atoms with Crippen LogP contribution in [0.1, 0.15) is 11.6 Å². The number of rotatable bonds is 5. The third-order valence-corrected chi connectivity index (χ3v) is 3.41. The summed E-state index contributed by atoms with van der Waals surface area (Å²) in [6, 6.07) is 5.92. The van der Waals surface area contributed by atoms with Gasteiger partial charge in [0.15, 0.2) is 6.04 Å². The lowest BCUT2D eigenvalue weighted by Crippen LogP contribution is -2.67. The van der Waals surface area contributed by atoms with Gasteiger partial charge in [0, 0.05) is 4.91 Å². The van der Waals surface area contributed by atoms with Gasteiger partial charge in [0.2, 0.25) is 5.91 Å². The van der Waals surface area contributed by atoms with Crippen LogP contribution in [0, 0.1) is 0 Å². The lowest BCUT2D eigenvalue weighted by Gasteiger charge is -2.47. The first kappa shape index (κ1) is 14.8. The predicted octanol–water partition coefficient (Wildman–Crippen LogP) is 0.783. The van der Waals surface area contributed by atoms with Crippen LogP contribution in [0.5, 0.6) is 0 Å². The van der Waals surface area contributed by atoms with Gasteiger partial charge in [0.1, 0.15) is 6.04 Å². The van der Waals surface area contributed by atoms with Crippen LogP contribution in [0.4, 0.5) is 0 Å². The second-order valence-electron chi connectivity index (χ2n) is 4.48. The summed E-state index contributed by atoms with van der Waals surface area (Å²) in [7, 11) is 1.22. The van der Waals surface area contributed by atoms with Crippen LogP contribution < -0.4 is 0 Å². The summed E-state index contributed by atoms with van der Waals surface area (Å²) in [6.07, 6.45) is 0. The zero-order valence-corrected chi connectivity index (χ0v) is 11.3. The van der Waals surface area contributed by atoms with E-state index in [1.54, 1.807) is 30.3 Å². The molecule has 1 saturated heterocycles. The molecule has 0 radical (unpaired) electrons. The van der Waals surface area contributed by atoms with Gasteiger partial charge in [-0.1, -0.05) is 35.4 Å². The fraction of sp³-hybridized carbons (Fsp3) is 0.385. The fourth-order valence-electron chi connectivity index (χ4n) is 2.40. The third-order valence-electron chi connectivity index (χ3n) is 3.41. The van der Waals surface area contributed by atoms with Crippen molar-refractivity contribution in [1.82, 2.24) is 4.90 Å². The van der Waals surface area contributed by atoms with Gasteiger partial charge in [-0.15, -0.1) is 0 Å². The van der Waals surface area contributed by atoms with Crippen LogP contribution in [-0.2, 0) is 14.3 Å². The van der Waals surface area contributed by atoms with Crippen molar-refractivity contribution in [3.8, 4) is 0 Å². The van der Waals surface area contributed by atoms with E-state index in [9.17, 15) is 14.7 Å². The lowest BCUT2D eigenvalue weighted by atomic mass is 9.91. The molecule has 1 aromatic rings. The number of hydrogen-bond donors (Lipinski definition) is 1. The Morgan fingerprint density at radius 3 is 2.71 bits per heavy atom. The molecule has 0 spiro atoms. The van der Waals surface area contributed by atoms with E-state index in [-0.39, 0.29) is 0 Å². The van der Waals surface area contributed by atoms with Crippen molar-refractivity contribution in [3.63, 3.8) is 0 Å². The minimum atomic E-state index is -0.990. The molecule has 3 unspecified atom stereocenters. The first-order valence-corrected chi connectivity index (χ1v) is 6.25. The largest absolute Gasteiger partial charge is 0.467 e. The van der Waals surface area contributed by atoms with Crippen molar-refractivity contribution in [2.24, 2.45) is 5.11 Å². The van der Waals surface area contributed by atoms with Crippen molar-refractivity contribution in [2.75, 3.05) is 13.7 Å². The SMILES string of the molecule is COC(=O)C(c1ccccc1)N1C(=O)C(N=[N+]=[N-])C1CO. The Balaban J connectivity index is 2.36. The van der Waals surface area contributed by atoms with Crippen LogP contribution in [0.25, 0.3) is 10.4 Å². The molecule has 0 bridgehead atoms. The van der Waals surface area contributed by atoms with Crippen molar-refractivity contribution < 1.29 is 19.4 Å². The van der Waals surface area contributed by atoms with Crippen molar-refractivity contribution >= 4 is 11.9 Å². The maximum atomic E-state index is 12.1. The summed E-state index contributed by atoms with van der Waals surface area (Å²) in [5, 5.41) is 12.7. The smallest absolute Gasteiger partial charge is 0.333 e. The zero-order chi connectivity index (χ0) is 15.4. The van der Waals surface area contributed by atoms with Gasteiger partial charge in [0.25, 0.3) is 0 Å². The number of benzene rings is 1. The minimum Gasteiger partial charge on any atom is -0.467 e. The number of nitrogens with zero attached hydrogens (tertiary/aromatic N) is 4. The minimum absolute atomic E-state index is 0.407. The van der Waals surface area contributed by atoms with Crippen LogP contribution >= 0.6 is 0 Å². The quantitative estimate of drug-likeness (QED) is 0.283. The number of aliphatic hydroxyl groups excluding tert-OH is 1. The number of azide groups is 1. The molecule has 1 amide bonds. The number of ether oxygens (including phenoxy) is 1. The average molecular weight is 290 g/mol. The van der Waals surface area contributed by atoms with Gasteiger partial charge in [-0.05, 0) is 11.1 Å². The van der Waals surface area contributed by atoms with Gasteiger partial charge in [-0.3, -0.25) is 4.79 Å². The molecule has 1 aliphatic rings. The Bertz CT molecular complexity index is 585. The standard InChI is InChI=1S/C13H14N4O4/c1-21-13(20)11(8-5-3-2-4-6-8)17-9(7-18)10(12(17)19)15-16-14/h2-6,9-11,18H,7H2,1H3. The van der Waals surface area contributed by atoms with Crippen LogP contribution in [-0.4, -0.2) is 47.7 Å². The Morgan fingerprint density at radius 1 is 1.52 bits per heavy atom. The fourth-order valence-corrected chi connectivity index (χ4v) is 2.40. The van der Waals surface area contributed by atoms with E-state index in [0.717, 1.165) is 0 Å². The highest BCUT2D eigenvalue weighted by molar-refractivity contribution is 5.94. The molecule has 1 fully saturated rings. The third kappa shape index (κ3) is 2.54. The monoisotopic (exact) mass is 290 g/mol. The van der Waals surface area contributed by atoms with Gasteiger partial charge in [-0.25, -0.2) is 4.79 Å². The molecular weight excluding hydrogens is 276 g/mol. The number of β-lactam (4-membered cyclic amide) rings is 1. The summed E-state index contributed by atoms with van der Waals surface area (Å²) in [5.74, 6) is -1.13. The van der Waals surface area contributed by atoms with Crippen molar-refractivity contribution in [3.05, 3.63) is 46.3 Å². The van der Waals surface area contributed by atoms with Gasteiger partial charge < -0.3 is 14.7 Å². The van der Waals surface area contributed by atoms with E-state index in [2.05, 4.69) is 10.0 Å². The molecule has 110 valence electrons. The highest BCUT2D eigenvalue weighted by atomic mass is 16.5. The first-order valence-electron chi connectivity index (χ1n) is 6.25. The van der Waals surface area contributed by atoms with E-state index in [1.807, 2.05) is 0 Å². The Morgan fingerprint density at radius 2 is 2.19 bits per heavy atom. The molecule has 1 N–H and O–H groups in total. The molecule has 1 aliphatic heterocycles. The topological polar surface area (TPSA) is 116 Å². The number of carbonyl (C=O) groups is 2. The summed E-state index contributed by atoms with van der Waals surface area (Å²) in [5.41, 5.74) is 9.01. The van der Waals surface area contributed by atoms with E-state index in [0.29, 0.717) is 5.56 Å². The molecule has 1 aromatic carbocycles. The van der Waals surface area contributed by atoms with Crippen molar-refractivity contribution in [2.45, 2.75) is 18.1 Å². The second-order valence-corrected chi connectivity index (χ2v) is 4.48. The molecule has 3 atom stereocenters. The van der Waals surface area contributed by atoms with E-state index in [4.69, 9.17) is 10.3 Å². The summed E-state index contributed by atoms with van der Waals surface area (Å²) in [4.78, 5) is 27.9. The number of hydrogen-bond acceptors (Lipinski definition) is 5. The van der Waals surface area contributed by atoms with Crippen LogP contribution in [0.15, 0.2) is 35.4 Å². The second kappa shape index (κ2) is 6.25. The van der Waals surface area contributed by atoms with Crippen LogP contribution in [0.3, 0.4) is 0 Å². The number of aliphatic hydroxyl groups is 1. The highest BCUT2D eigenvalue weighted by Gasteiger charge is 2.52. The Kier molecular flexibility index (Phi) is 4.42. The highest BCUT2D eigenvalue weighted by Crippen LogP contribution is 2.34. The average Bonchev–Trinajstić information content (AvgIpc) is 2.53. The molecular formula is C13H14N4O4. The summed E-state index contributed by atoms with van der Waals surface area (Å²) in [6.45, 7) is -0.407. The Hall–Kier alpha value is -2.57.